The molecular weight excluding hydrogens is 340 g/mol. The smallest absolute Gasteiger partial charge is 0.344 e. The Morgan fingerprint density at radius 3 is 2.37 bits per heavy atom. The van der Waals surface area contributed by atoms with Crippen molar-refractivity contribution in [3.05, 3.63) is 65.7 Å². The number of aliphatic carboxylic acids is 1. The molecule has 0 unspecified atom stereocenters. The number of hydrogen-bond acceptors (Lipinski definition) is 4. The van der Waals surface area contributed by atoms with Crippen LogP contribution in [0.4, 0.5) is 0 Å². The molecule has 0 bridgehead atoms. The minimum atomic E-state index is -0.980. The maximum Gasteiger partial charge on any atom is 0.344 e. The van der Waals surface area contributed by atoms with Crippen molar-refractivity contribution in [2.45, 2.75) is 37.8 Å². The topological polar surface area (TPSA) is 73.6 Å². The van der Waals surface area contributed by atoms with Gasteiger partial charge in [0.1, 0.15) is 5.75 Å². The van der Waals surface area contributed by atoms with Crippen LogP contribution in [-0.4, -0.2) is 35.2 Å². The molecule has 5 heteroatoms. The van der Waals surface area contributed by atoms with Crippen LogP contribution in [0.3, 0.4) is 0 Å². The molecule has 0 aromatic heterocycles. The highest BCUT2D eigenvalue weighted by Gasteiger charge is 2.36. The van der Waals surface area contributed by atoms with Gasteiger partial charge in [-0.25, -0.2) is 4.79 Å². The van der Waals surface area contributed by atoms with Crippen LogP contribution in [0.1, 0.15) is 30.9 Å². The second-order valence-corrected chi connectivity index (χ2v) is 7.08. The third kappa shape index (κ3) is 4.47. The molecule has 27 heavy (non-hydrogen) atoms. The number of rotatable bonds is 6. The van der Waals surface area contributed by atoms with E-state index < -0.39 is 12.1 Å². The normalized spacial score (nSPS) is 17.6. The van der Waals surface area contributed by atoms with Gasteiger partial charge < -0.3 is 9.84 Å². The van der Waals surface area contributed by atoms with Gasteiger partial charge in [-0.1, -0.05) is 42.5 Å². The molecule has 0 amide bonds. The first-order chi connectivity index (χ1) is 13.0. The zero-order valence-electron chi connectivity index (χ0n) is 15.5. The maximum atomic E-state index is 10.9. The van der Waals surface area contributed by atoms with E-state index >= 15 is 0 Å². The second kappa shape index (κ2) is 8.24. The molecule has 1 heterocycles. The van der Waals surface area contributed by atoms with E-state index in [2.05, 4.69) is 23.1 Å². The van der Waals surface area contributed by atoms with E-state index in [4.69, 9.17) is 9.84 Å². The van der Waals surface area contributed by atoms with Crippen LogP contribution in [0, 0.1) is 11.3 Å². The number of ether oxygens (including phenoxy) is 1. The number of likely N-dealkylation sites (tertiary alicyclic amines) is 1. The minimum absolute atomic E-state index is 0.386. The summed E-state index contributed by atoms with van der Waals surface area (Å²) in [5.41, 5.74) is 1.87. The Hall–Kier alpha value is -2.84. The summed E-state index contributed by atoms with van der Waals surface area (Å²) >= 11 is 0. The van der Waals surface area contributed by atoms with Crippen LogP contribution in [0.5, 0.6) is 5.75 Å². The highest BCUT2D eigenvalue weighted by atomic mass is 16.5. The molecule has 1 atom stereocenters. The summed E-state index contributed by atoms with van der Waals surface area (Å²) in [4.78, 5) is 13.2. The van der Waals surface area contributed by atoms with Gasteiger partial charge in [0.25, 0.3) is 0 Å². The molecule has 0 radical (unpaired) electrons. The lowest BCUT2D eigenvalue weighted by atomic mass is 9.74. The van der Waals surface area contributed by atoms with E-state index in [9.17, 15) is 10.1 Å². The summed E-state index contributed by atoms with van der Waals surface area (Å²) in [5.74, 6) is -0.424. The molecular formula is C22H24N2O3. The Balaban J connectivity index is 1.58. The van der Waals surface area contributed by atoms with E-state index in [1.54, 1.807) is 0 Å². The Labute approximate surface area is 159 Å². The van der Waals surface area contributed by atoms with Crippen LogP contribution >= 0.6 is 0 Å². The predicted octanol–water partition coefficient (Wildman–Crippen LogP) is 3.60. The molecule has 1 aliphatic heterocycles. The fourth-order valence-electron chi connectivity index (χ4n) is 3.50. The van der Waals surface area contributed by atoms with Crippen LogP contribution in [0.2, 0.25) is 0 Å². The lowest BCUT2D eigenvalue weighted by molar-refractivity contribution is -0.144. The Morgan fingerprint density at radius 2 is 1.81 bits per heavy atom. The first-order valence-electron chi connectivity index (χ1n) is 9.20. The molecule has 1 aliphatic rings. The van der Waals surface area contributed by atoms with E-state index in [-0.39, 0.29) is 5.41 Å². The van der Waals surface area contributed by atoms with Crippen LogP contribution in [0.15, 0.2) is 54.6 Å². The van der Waals surface area contributed by atoms with Crippen LogP contribution in [-0.2, 0) is 16.8 Å². The van der Waals surface area contributed by atoms with Gasteiger partial charge in [-0.05, 0) is 43.0 Å². The van der Waals surface area contributed by atoms with Gasteiger partial charge in [-0.3, -0.25) is 4.90 Å². The van der Waals surface area contributed by atoms with Crippen molar-refractivity contribution in [3.63, 3.8) is 0 Å². The average molecular weight is 364 g/mol. The van der Waals surface area contributed by atoms with Crippen molar-refractivity contribution in [2.75, 3.05) is 13.1 Å². The van der Waals surface area contributed by atoms with Crippen LogP contribution in [0.25, 0.3) is 0 Å². The Morgan fingerprint density at radius 1 is 1.19 bits per heavy atom. The van der Waals surface area contributed by atoms with Gasteiger partial charge in [0.05, 0.1) is 11.5 Å². The summed E-state index contributed by atoms with van der Waals surface area (Å²) in [6, 6.07) is 20.2. The fraction of sp³-hybridized carbons (Fsp3) is 0.364. The maximum absolute atomic E-state index is 10.9. The summed E-state index contributed by atoms with van der Waals surface area (Å²) in [6.07, 6.45) is 0.783. The summed E-state index contributed by atoms with van der Waals surface area (Å²) < 4.78 is 5.36. The number of carboxylic acid groups (broad SMARTS) is 1. The van der Waals surface area contributed by atoms with E-state index in [1.165, 1.54) is 6.92 Å². The molecule has 5 nitrogen and oxygen atoms in total. The monoisotopic (exact) mass is 364 g/mol. The molecule has 3 rings (SSSR count). The number of piperidine rings is 1. The number of nitrogens with zero attached hydrogens (tertiary/aromatic N) is 2. The second-order valence-electron chi connectivity index (χ2n) is 7.08. The predicted molar refractivity (Wildman–Crippen MR) is 102 cm³/mol. The van der Waals surface area contributed by atoms with Crippen molar-refractivity contribution in [3.8, 4) is 11.8 Å². The van der Waals surface area contributed by atoms with Crippen molar-refractivity contribution >= 4 is 5.97 Å². The van der Waals surface area contributed by atoms with E-state index in [0.717, 1.165) is 43.6 Å². The number of hydrogen-bond donors (Lipinski definition) is 1. The lowest BCUT2D eigenvalue weighted by Crippen LogP contribution is -2.41. The van der Waals surface area contributed by atoms with Crippen molar-refractivity contribution < 1.29 is 14.6 Å². The van der Waals surface area contributed by atoms with E-state index in [0.29, 0.717) is 5.75 Å². The molecule has 0 spiro atoms. The first kappa shape index (κ1) is 18.9. The molecule has 140 valence electrons. The molecule has 1 fully saturated rings. The molecule has 0 aliphatic carbocycles. The molecule has 1 saturated heterocycles. The van der Waals surface area contributed by atoms with Crippen LogP contribution < -0.4 is 4.74 Å². The zero-order chi connectivity index (χ0) is 19.3. The molecule has 1 N–H and O–H groups in total. The number of carboxylic acids is 1. The minimum Gasteiger partial charge on any atom is -0.479 e. The molecule has 0 saturated carbocycles. The van der Waals surface area contributed by atoms with Gasteiger partial charge >= 0.3 is 5.97 Å². The summed E-state index contributed by atoms with van der Waals surface area (Å²) in [5, 5.41) is 18.7. The third-order valence-corrected chi connectivity index (χ3v) is 5.24. The Bertz CT molecular complexity index is 804. The number of carbonyl (C=O) groups is 1. The highest BCUT2D eigenvalue weighted by molar-refractivity contribution is 5.72. The number of nitriles is 1. The van der Waals surface area contributed by atoms with Crippen molar-refractivity contribution in [1.29, 1.82) is 5.26 Å². The standard InChI is InChI=1S/C22H24N2O3/c1-17(21(25)26)27-20-9-7-18(8-10-20)15-24-13-11-22(16-23,12-14-24)19-5-3-2-4-6-19/h2-10,17H,11-15H2,1H3,(H,25,26)/t17-/m1/s1. The van der Waals surface area contributed by atoms with Gasteiger partial charge in [-0.15, -0.1) is 0 Å². The SMILES string of the molecule is C[C@@H](Oc1ccc(CN2CCC(C#N)(c3ccccc3)CC2)cc1)C(=O)O. The highest BCUT2D eigenvalue weighted by Crippen LogP contribution is 2.35. The van der Waals surface area contributed by atoms with Gasteiger partial charge in [0, 0.05) is 19.6 Å². The first-order valence-corrected chi connectivity index (χ1v) is 9.20. The van der Waals surface area contributed by atoms with Crippen molar-refractivity contribution in [1.82, 2.24) is 4.90 Å². The molecule has 2 aromatic rings. The fourth-order valence-corrected chi connectivity index (χ4v) is 3.50. The van der Waals surface area contributed by atoms with E-state index in [1.807, 2.05) is 42.5 Å². The van der Waals surface area contributed by atoms with Gasteiger partial charge in [0.2, 0.25) is 0 Å². The number of benzene rings is 2. The Kier molecular flexibility index (Phi) is 5.78. The zero-order valence-corrected chi connectivity index (χ0v) is 15.5. The summed E-state index contributed by atoms with van der Waals surface area (Å²) in [6.45, 7) is 4.07. The average Bonchev–Trinajstić information content (AvgIpc) is 2.71. The third-order valence-electron chi connectivity index (χ3n) is 5.24. The summed E-state index contributed by atoms with van der Waals surface area (Å²) in [7, 11) is 0. The van der Waals surface area contributed by atoms with Gasteiger partial charge in [-0.2, -0.15) is 5.26 Å². The lowest BCUT2D eigenvalue weighted by Gasteiger charge is -2.37. The van der Waals surface area contributed by atoms with Gasteiger partial charge in [0.15, 0.2) is 6.10 Å². The largest absolute Gasteiger partial charge is 0.479 e. The molecule has 2 aromatic carbocycles. The quantitative estimate of drug-likeness (QED) is 0.848. The van der Waals surface area contributed by atoms with Crippen molar-refractivity contribution in [2.24, 2.45) is 0 Å².